The first-order valence-corrected chi connectivity index (χ1v) is 12.7. The molecule has 0 radical (unpaired) electrons. The van der Waals surface area contributed by atoms with Crippen LogP contribution in [0.15, 0.2) is 51.7 Å². The SMILES string of the molecule is COc1ccc(Cl)cc1N(CC(=O)Nc1nnc(SC)s1)S(=O)(=O)c1ccc(C)cc1. The molecule has 3 aromatic rings. The van der Waals surface area contributed by atoms with Gasteiger partial charge < -0.3 is 4.74 Å². The Morgan fingerprint density at radius 2 is 1.94 bits per heavy atom. The highest BCUT2D eigenvalue weighted by Gasteiger charge is 2.30. The Morgan fingerprint density at radius 1 is 1.23 bits per heavy atom. The Bertz CT molecular complexity index is 1180. The molecule has 0 saturated heterocycles. The van der Waals surface area contributed by atoms with E-state index in [2.05, 4.69) is 15.5 Å². The number of thioether (sulfide) groups is 1. The van der Waals surface area contributed by atoms with Crippen LogP contribution in [-0.4, -0.2) is 44.4 Å². The van der Waals surface area contributed by atoms with Crippen LogP contribution in [0.3, 0.4) is 0 Å². The van der Waals surface area contributed by atoms with Gasteiger partial charge in [0, 0.05) is 5.02 Å². The zero-order valence-electron chi connectivity index (χ0n) is 16.8. The maximum Gasteiger partial charge on any atom is 0.264 e. The van der Waals surface area contributed by atoms with Crippen molar-refractivity contribution in [1.82, 2.24) is 10.2 Å². The number of rotatable bonds is 8. The molecule has 8 nitrogen and oxygen atoms in total. The van der Waals surface area contributed by atoms with E-state index in [0.29, 0.717) is 9.36 Å². The monoisotopic (exact) mass is 498 g/mol. The van der Waals surface area contributed by atoms with Crippen LogP contribution in [0.5, 0.6) is 5.75 Å². The molecule has 0 fully saturated rings. The van der Waals surface area contributed by atoms with Crippen LogP contribution in [0.1, 0.15) is 5.56 Å². The van der Waals surface area contributed by atoms with Gasteiger partial charge >= 0.3 is 0 Å². The van der Waals surface area contributed by atoms with Crippen LogP contribution >= 0.6 is 34.7 Å². The molecule has 1 N–H and O–H groups in total. The van der Waals surface area contributed by atoms with Crippen LogP contribution < -0.4 is 14.4 Å². The van der Waals surface area contributed by atoms with E-state index in [4.69, 9.17) is 16.3 Å². The highest BCUT2D eigenvalue weighted by Crippen LogP contribution is 2.35. The summed E-state index contributed by atoms with van der Waals surface area (Å²) in [7, 11) is -2.70. The maximum atomic E-state index is 13.5. The number of hydrogen-bond acceptors (Lipinski definition) is 8. The predicted octanol–water partition coefficient (Wildman–Crippen LogP) is 4.06. The van der Waals surface area contributed by atoms with E-state index >= 15 is 0 Å². The lowest BCUT2D eigenvalue weighted by molar-refractivity contribution is -0.114. The average Bonchev–Trinajstić information content (AvgIpc) is 3.19. The molecular formula is C19H19ClN4O4S3. The van der Waals surface area contributed by atoms with Gasteiger partial charge in [-0.25, -0.2) is 8.42 Å². The summed E-state index contributed by atoms with van der Waals surface area (Å²) in [5.74, 6) is -0.324. The lowest BCUT2D eigenvalue weighted by atomic mass is 10.2. The second kappa shape index (κ2) is 9.86. The van der Waals surface area contributed by atoms with E-state index in [1.807, 2.05) is 13.2 Å². The lowest BCUT2D eigenvalue weighted by Gasteiger charge is -2.25. The number of halogens is 1. The number of aromatic nitrogens is 2. The number of hydrogen-bond donors (Lipinski definition) is 1. The zero-order valence-corrected chi connectivity index (χ0v) is 20.0. The van der Waals surface area contributed by atoms with E-state index in [1.54, 1.807) is 24.3 Å². The van der Waals surface area contributed by atoms with Gasteiger partial charge in [0.2, 0.25) is 11.0 Å². The number of amides is 1. The first-order valence-electron chi connectivity index (χ1n) is 8.85. The molecule has 0 spiro atoms. The van der Waals surface area contributed by atoms with Gasteiger partial charge in [-0.1, -0.05) is 52.4 Å². The molecule has 0 unspecified atom stereocenters. The molecular weight excluding hydrogens is 480 g/mol. The van der Waals surface area contributed by atoms with Crippen LogP contribution in [0, 0.1) is 6.92 Å². The summed E-state index contributed by atoms with van der Waals surface area (Å²) in [5.41, 5.74) is 1.05. The second-order valence-electron chi connectivity index (χ2n) is 6.27. The van der Waals surface area contributed by atoms with Gasteiger partial charge in [0.25, 0.3) is 10.0 Å². The Hall–Kier alpha value is -2.34. The topological polar surface area (TPSA) is 101 Å². The van der Waals surface area contributed by atoms with Crippen molar-refractivity contribution < 1.29 is 17.9 Å². The third kappa shape index (κ3) is 5.48. The number of nitrogens with zero attached hydrogens (tertiary/aromatic N) is 3. The Kier molecular flexibility index (Phi) is 7.42. The normalized spacial score (nSPS) is 11.2. The number of carbonyl (C=O) groups excluding carboxylic acids is 1. The van der Waals surface area contributed by atoms with Gasteiger partial charge in [-0.15, -0.1) is 10.2 Å². The highest BCUT2D eigenvalue weighted by atomic mass is 35.5. The fraction of sp³-hybridized carbons (Fsp3) is 0.211. The molecule has 12 heteroatoms. The van der Waals surface area contributed by atoms with Gasteiger partial charge in [0.05, 0.1) is 17.7 Å². The number of anilines is 2. The van der Waals surface area contributed by atoms with Gasteiger partial charge in [-0.05, 0) is 43.5 Å². The van der Waals surface area contributed by atoms with E-state index in [0.717, 1.165) is 9.87 Å². The first-order chi connectivity index (χ1) is 14.7. The number of nitrogens with one attached hydrogen (secondary N) is 1. The molecule has 0 aliphatic rings. The van der Waals surface area contributed by atoms with E-state index in [-0.39, 0.29) is 21.5 Å². The number of carbonyl (C=O) groups is 1. The minimum atomic E-state index is -4.11. The molecule has 1 aromatic heterocycles. The number of ether oxygens (including phenoxy) is 1. The summed E-state index contributed by atoms with van der Waals surface area (Å²) >= 11 is 8.71. The smallest absolute Gasteiger partial charge is 0.264 e. The Labute approximate surface area is 193 Å². The molecule has 2 aromatic carbocycles. The summed E-state index contributed by atoms with van der Waals surface area (Å²) < 4.78 is 33.9. The fourth-order valence-electron chi connectivity index (χ4n) is 2.63. The zero-order chi connectivity index (χ0) is 22.6. The van der Waals surface area contributed by atoms with E-state index in [9.17, 15) is 13.2 Å². The van der Waals surface area contributed by atoms with Gasteiger partial charge in [-0.3, -0.25) is 14.4 Å². The van der Waals surface area contributed by atoms with E-state index in [1.165, 1.54) is 48.4 Å². The standard InChI is InChI=1S/C19H19ClN4O4S3/c1-12-4-7-14(8-5-12)31(26,27)24(15-10-13(20)6-9-16(15)28-2)11-17(25)21-18-22-23-19(29-3)30-18/h4-10H,11H2,1-3H3,(H,21,22,25). The van der Waals surface area contributed by atoms with Crippen LogP contribution in [0.4, 0.5) is 10.8 Å². The number of benzene rings is 2. The number of aryl methyl sites for hydroxylation is 1. The summed E-state index contributed by atoms with van der Waals surface area (Å²) in [6, 6.07) is 10.9. The van der Waals surface area contributed by atoms with Crippen molar-refractivity contribution in [2.75, 3.05) is 29.5 Å². The van der Waals surface area contributed by atoms with Crippen molar-refractivity contribution in [3.63, 3.8) is 0 Å². The maximum absolute atomic E-state index is 13.5. The minimum absolute atomic E-state index is 0.0357. The molecule has 0 aliphatic carbocycles. The van der Waals surface area contributed by atoms with Crippen LogP contribution in [0.25, 0.3) is 0 Å². The molecule has 0 bridgehead atoms. The highest BCUT2D eigenvalue weighted by molar-refractivity contribution is 8.00. The van der Waals surface area contributed by atoms with E-state index < -0.39 is 22.5 Å². The van der Waals surface area contributed by atoms with Gasteiger partial charge in [0.1, 0.15) is 12.3 Å². The van der Waals surface area contributed by atoms with Crippen LogP contribution in [0.2, 0.25) is 5.02 Å². The largest absolute Gasteiger partial charge is 0.495 e. The summed E-state index contributed by atoms with van der Waals surface area (Å²) in [6.07, 6.45) is 1.84. The predicted molar refractivity (Wildman–Crippen MR) is 124 cm³/mol. The van der Waals surface area contributed by atoms with Gasteiger partial charge in [0.15, 0.2) is 4.34 Å². The Balaban J connectivity index is 2.01. The molecule has 1 heterocycles. The third-order valence-electron chi connectivity index (χ3n) is 4.13. The first kappa shape index (κ1) is 23.3. The van der Waals surface area contributed by atoms with Crippen molar-refractivity contribution in [1.29, 1.82) is 0 Å². The number of methoxy groups -OCH3 is 1. The summed E-state index contributed by atoms with van der Waals surface area (Å²) in [6.45, 7) is 1.34. The van der Waals surface area contributed by atoms with Crippen molar-refractivity contribution in [2.45, 2.75) is 16.2 Å². The lowest BCUT2D eigenvalue weighted by Crippen LogP contribution is -2.38. The third-order valence-corrected chi connectivity index (χ3v) is 7.96. The summed E-state index contributed by atoms with van der Waals surface area (Å²) in [4.78, 5) is 12.8. The molecule has 0 atom stereocenters. The minimum Gasteiger partial charge on any atom is -0.495 e. The average molecular weight is 499 g/mol. The van der Waals surface area contributed by atoms with Crippen LogP contribution in [-0.2, 0) is 14.8 Å². The molecule has 164 valence electrons. The van der Waals surface area contributed by atoms with Crippen molar-refractivity contribution in [3.05, 3.63) is 53.1 Å². The van der Waals surface area contributed by atoms with Gasteiger partial charge in [-0.2, -0.15) is 0 Å². The molecule has 31 heavy (non-hydrogen) atoms. The molecule has 3 rings (SSSR count). The quantitative estimate of drug-likeness (QED) is 0.369. The van der Waals surface area contributed by atoms with Crippen molar-refractivity contribution in [3.8, 4) is 5.75 Å². The van der Waals surface area contributed by atoms with Crippen molar-refractivity contribution >= 4 is 61.4 Å². The molecule has 1 amide bonds. The van der Waals surface area contributed by atoms with Crippen molar-refractivity contribution in [2.24, 2.45) is 0 Å². The molecule has 0 saturated carbocycles. The Morgan fingerprint density at radius 3 is 2.55 bits per heavy atom. The number of sulfonamides is 1. The second-order valence-corrected chi connectivity index (χ2v) is 10.6. The summed E-state index contributed by atoms with van der Waals surface area (Å²) in [5, 5.41) is 11.0. The molecule has 0 aliphatic heterocycles. The fourth-order valence-corrected chi connectivity index (χ4v) is 5.40.